The number of anilines is 1. The molecule has 0 radical (unpaired) electrons. The molecule has 3 aromatic rings. The summed E-state index contributed by atoms with van der Waals surface area (Å²) in [6.07, 6.45) is 1.34. The van der Waals surface area contributed by atoms with Crippen molar-refractivity contribution in [2.45, 2.75) is 13.5 Å². The van der Waals surface area contributed by atoms with Crippen LogP contribution in [0.4, 0.5) is 5.69 Å². The maximum atomic E-state index is 12.0. The van der Waals surface area contributed by atoms with Crippen LogP contribution in [0, 0.1) is 18.3 Å². The minimum Gasteiger partial charge on any atom is -0.457 e. The number of nitriles is 1. The molecule has 0 unspecified atom stereocenters. The molecule has 1 heterocycles. The minimum atomic E-state index is -0.262. The Labute approximate surface area is 144 Å². The van der Waals surface area contributed by atoms with Crippen molar-refractivity contribution in [2.75, 3.05) is 5.32 Å². The summed E-state index contributed by atoms with van der Waals surface area (Å²) in [5.41, 5.74) is 1.76. The first kappa shape index (κ1) is 16.2. The van der Waals surface area contributed by atoms with Crippen molar-refractivity contribution in [3.63, 3.8) is 0 Å². The van der Waals surface area contributed by atoms with Gasteiger partial charge in [-0.05, 0) is 48.9 Å². The first-order valence-corrected chi connectivity index (χ1v) is 7.56. The number of rotatable bonds is 5. The van der Waals surface area contributed by atoms with E-state index in [-0.39, 0.29) is 18.3 Å². The molecule has 0 spiro atoms. The number of carbonyl (C=O) groups excluding carboxylic acids is 1. The van der Waals surface area contributed by atoms with Crippen LogP contribution in [-0.4, -0.2) is 20.7 Å². The number of ether oxygens (including phenoxy) is 1. The van der Waals surface area contributed by atoms with Gasteiger partial charge in [0.25, 0.3) is 5.82 Å². The third kappa shape index (κ3) is 4.42. The third-order valence-electron chi connectivity index (χ3n) is 3.31. The van der Waals surface area contributed by atoms with Crippen LogP contribution in [0.15, 0.2) is 54.9 Å². The fraction of sp³-hybridized carbons (Fsp3) is 0.111. The van der Waals surface area contributed by atoms with E-state index in [1.807, 2.05) is 37.3 Å². The van der Waals surface area contributed by atoms with Gasteiger partial charge in [0.05, 0.1) is 0 Å². The average Bonchev–Trinajstić information content (AvgIpc) is 3.04. The molecule has 1 amide bonds. The van der Waals surface area contributed by atoms with E-state index in [0.29, 0.717) is 11.4 Å². The summed E-state index contributed by atoms with van der Waals surface area (Å²) in [6.45, 7) is 1.98. The summed E-state index contributed by atoms with van der Waals surface area (Å²) in [5.74, 6) is 1.21. The molecule has 0 atom stereocenters. The topological polar surface area (TPSA) is 92.8 Å². The summed E-state index contributed by atoms with van der Waals surface area (Å²) < 4.78 is 7.07. The van der Waals surface area contributed by atoms with Crippen LogP contribution in [0.5, 0.6) is 11.5 Å². The fourth-order valence-corrected chi connectivity index (χ4v) is 2.19. The van der Waals surface area contributed by atoms with Gasteiger partial charge in [-0.2, -0.15) is 5.26 Å². The number of aryl methyl sites for hydroxylation is 1. The molecular weight excluding hydrogens is 318 g/mol. The zero-order chi connectivity index (χ0) is 17.6. The van der Waals surface area contributed by atoms with Crippen molar-refractivity contribution in [1.82, 2.24) is 14.8 Å². The molecule has 124 valence electrons. The third-order valence-corrected chi connectivity index (χ3v) is 3.31. The van der Waals surface area contributed by atoms with Crippen molar-refractivity contribution in [1.29, 1.82) is 5.26 Å². The van der Waals surface area contributed by atoms with E-state index in [0.717, 1.165) is 11.3 Å². The smallest absolute Gasteiger partial charge is 0.252 e. The SMILES string of the molecule is Cc1cccc(Oc2ccc(NC(=O)Cn3cnc(C#N)n3)cc2)c1. The number of hydrogen-bond acceptors (Lipinski definition) is 5. The molecular formula is C18H15N5O2. The van der Waals surface area contributed by atoms with Gasteiger partial charge < -0.3 is 10.1 Å². The zero-order valence-corrected chi connectivity index (χ0v) is 13.5. The molecule has 7 nitrogen and oxygen atoms in total. The van der Waals surface area contributed by atoms with E-state index < -0.39 is 0 Å². The Morgan fingerprint density at radius 1 is 1.24 bits per heavy atom. The maximum absolute atomic E-state index is 12.0. The summed E-state index contributed by atoms with van der Waals surface area (Å²) in [4.78, 5) is 15.7. The van der Waals surface area contributed by atoms with E-state index >= 15 is 0 Å². The van der Waals surface area contributed by atoms with Crippen LogP contribution >= 0.6 is 0 Å². The summed E-state index contributed by atoms with van der Waals surface area (Å²) in [6, 6.07) is 16.6. The predicted octanol–water partition coefficient (Wildman–Crippen LogP) is 2.89. The van der Waals surface area contributed by atoms with Crippen LogP contribution in [0.3, 0.4) is 0 Å². The molecule has 0 saturated heterocycles. The lowest BCUT2D eigenvalue weighted by Crippen LogP contribution is -2.19. The molecule has 0 saturated carbocycles. The Morgan fingerprint density at radius 3 is 2.72 bits per heavy atom. The van der Waals surface area contributed by atoms with Gasteiger partial charge in [0.2, 0.25) is 5.91 Å². The van der Waals surface area contributed by atoms with Gasteiger partial charge in [0, 0.05) is 5.69 Å². The summed E-state index contributed by atoms with van der Waals surface area (Å²) >= 11 is 0. The highest BCUT2D eigenvalue weighted by Crippen LogP contribution is 2.23. The second-order valence-corrected chi connectivity index (χ2v) is 5.37. The van der Waals surface area contributed by atoms with Crippen LogP contribution < -0.4 is 10.1 Å². The minimum absolute atomic E-state index is 0.0176. The molecule has 2 aromatic carbocycles. The van der Waals surface area contributed by atoms with Crippen LogP contribution in [0.25, 0.3) is 0 Å². The largest absolute Gasteiger partial charge is 0.457 e. The highest BCUT2D eigenvalue weighted by atomic mass is 16.5. The molecule has 25 heavy (non-hydrogen) atoms. The lowest BCUT2D eigenvalue weighted by atomic mass is 10.2. The molecule has 7 heteroatoms. The van der Waals surface area contributed by atoms with Crippen molar-refractivity contribution in [3.05, 3.63) is 66.2 Å². The molecule has 0 aliphatic rings. The van der Waals surface area contributed by atoms with E-state index in [1.54, 1.807) is 24.3 Å². The number of hydrogen-bond donors (Lipinski definition) is 1. The Hall–Kier alpha value is -3.66. The second-order valence-electron chi connectivity index (χ2n) is 5.37. The average molecular weight is 333 g/mol. The Bertz CT molecular complexity index is 925. The van der Waals surface area contributed by atoms with Crippen LogP contribution in [0.2, 0.25) is 0 Å². The monoisotopic (exact) mass is 333 g/mol. The number of benzene rings is 2. The molecule has 3 rings (SSSR count). The molecule has 0 bridgehead atoms. The van der Waals surface area contributed by atoms with Gasteiger partial charge >= 0.3 is 0 Å². The van der Waals surface area contributed by atoms with E-state index in [9.17, 15) is 4.79 Å². The summed E-state index contributed by atoms with van der Waals surface area (Å²) in [5, 5.41) is 15.3. The van der Waals surface area contributed by atoms with Gasteiger partial charge in [-0.3, -0.25) is 4.79 Å². The number of nitrogens with zero attached hydrogens (tertiary/aromatic N) is 4. The van der Waals surface area contributed by atoms with Gasteiger partial charge in [0.1, 0.15) is 30.4 Å². The first-order valence-electron chi connectivity index (χ1n) is 7.56. The van der Waals surface area contributed by atoms with Gasteiger partial charge in [-0.25, -0.2) is 9.67 Å². The predicted molar refractivity (Wildman–Crippen MR) is 91.1 cm³/mol. The highest BCUT2D eigenvalue weighted by Gasteiger charge is 2.06. The lowest BCUT2D eigenvalue weighted by molar-refractivity contribution is -0.116. The van der Waals surface area contributed by atoms with Crippen molar-refractivity contribution in [2.24, 2.45) is 0 Å². The Kier molecular flexibility index (Phi) is 4.72. The fourth-order valence-electron chi connectivity index (χ4n) is 2.19. The standard InChI is InChI=1S/C18H15N5O2/c1-13-3-2-4-16(9-13)25-15-7-5-14(6-8-15)21-18(24)11-23-12-20-17(10-19)22-23/h2-9,12H,11H2,1H3,(H,21,24). The molecule has 1 N–H and O–H groups in total. The number of amides is 1. The molecule has 0 aliphatic carbocycles. The van der Waals surface area contributed by atoms with Gasteiger partial charge in [0.15, 0.2) is 0 Å². The highest BCUT2D eigenvalue weighted by molar-refractivity contribution is 5.90. The molecule has 1 aromatic heterocycles. The van der Waals surface area contributed by atoms with E-state index in [4.69, 9.17) is 10.00 Å². The first-order chi connectivity index (χ1) is 12.1. The van der Waals surface area contributed by atoms with Crippen molar-refractivity contribution >= 4 is 11.6 Å². The number of carbonyl (C=O) groups is 1. The van der Waals surface area contributed by atoms with Crippen LogP contribution in [0.1, 0.15) is 11.4 Å². The van der Waals surface area contributed by atoms with Crippen molar-refractivity contribution < 1.29 is 9.53 Å². The van der Waals surface area contributed by atoms with Gasteiger partial charge in [-0.1, -0.05) is 12.1 Å². The van der Waals surface area contributed by atoms with E-state index in [1.165, 1.54) is 11.0 Å². The Balaban J connectivity index is 1.58. The summed E-state index contributed by atoms with van der Waals surface area (Å²) in [7, 11) is 0. The van der Waals surface area contributed by atoms with Gasteiger partial charge in [-0.15, -0.1) is 5.10 Å². The normalized spacial score (nSPS) is 10.1. The quantitative estimate of drug-likeness (QED) is 0.775. The second kappa shape index (κ2) is 7.27. The number of nitrogens with one attached hydrogen (secondary N) is 1. The Morgan fingerprint density at radius 2 is 2.04 bits per heavy atom. The lowest BCUT2D eigenvalue weighted by Gasteiger charge is -2.08. The maximum Gasteiger partial charge on any atom is 0.252 e. The van der Waals surface area contributed by atoms with Crippen molar-refractivity contribution in [3.8, 4) is 17.6 Å². The van der Waals surface area contributed by atoms with Crippen LogP contribution in [-0.2, 0) is 11.3 Å². The molecule has 0 aliphatic heterocycles. The zero-order valence-electron chi connectivity index (χ0n) is 13.5. The number of aromatic nitrogens is 3. The van der Waals surface area contributed by atoms with E-state index in [2.05, 4.69) is 15.4 Å². The molecule has 0 fully saturated rings.